The molecule has 0 amide bonds. The van der Waals surface area contributed by atoms with Gasteiger partial charge in [-0.2, -0.15) is 0 Å². The number of hydrogen-bond acceptors (Lipinski definition) is 0. The van der Waals surface area contributed by atoms with Crippen molar-refractivity contribution in [1.29, 1.82) is 0 Å². The van der Waals surface area contributed by atoms with Crippen LogP contribution in [0.25, 0.3) is 86.3 Å². The third-order valence-corrected chi connectivity index (χ3v) is 11.0. The molecule has 208 valence electrons. The first kappa shape index (κ1) is 23.8. The minimum absolute atomic E-state index is 0.450. The van der Waals surface area contributed by atoms with E-state index in [1.165, 1.54) is 103 Å². The smallest absolute Gasteiger partial charge is 0.0457 e. The van der Waals surface area contributed by atoms with E-state index in [-0.39, 0.29) is 0 Å². The molecule has 1 unspecified atom stereocenters. The van der Waals surface area contributed by atoms with Crippen molar-refractivity contribution in [3.05, 3.63) is 156 Å². The fourth-order valence-electron chi connectivity index (χ4n) is 8.98. The maximum absolute atomic E-state index is 3.64. The Bertz CT molecular complexity index is 2880. The molecule has 45 heavy (non-hydrogen) atoms. The van der Waals surface area contributed by atoms with Crippen molar-refractivity contribution in [3.8, 4) is 0 Å². The number of fused-ring (bicyclic) bond motifs is 2. The van der Waals surface area contributed by atoms with Crippen molar-refractivity contribution in [2.24, 2.45) is 0 Å². The summed E-state index contributed by atoms with van der Waals surface area (Å²) in [6, 6.07) is 50.3. The van der Waals surface area contributed by atoms with E-state index in [1.54, 1.807) is 0 Å². The molecule has 0 fully saturated rings. The van der Waals surface area contributed by atoms with Crippen LogP contribution in [-0.2, 0) is 5.41 Å². The zero-order chi connectivity index (χ0) is 29.4. The van der Waals surface area contributed by atoms with Gasteiger partial charge in [0.05, 0.1) is 0 Å². The zero-order valence-corrected chi connectivity index (χ0v) is 24.8. The van der Waals surface area contributed by atoms with Crippen LogP contribution in [0.1, 0.15) is 23.6 Å². The van der Waals surface area contributed by atoms with Gasteiger partial charge in [-0.1, -0.05) is 121 Å². The largest absolute Gasteiger partial charge is 0.361 e. The van der Waals surface area contributed by atoms with Gasteiger partial charge < -0.3 is 4.98 Å². The number of benzene rings is 10. The maximum Gasteiger partial charge on any atom is 0.0457 e. The summed E-state index contributed by atoms with van der Waals surface area (Å²) < 4.78 is 0. The molecule has 1 N–H and O–H groups in total. The van der Waals surface area contributed by atoms with E-state index < -0.39 is 5.41 Å². The van der Waals surface area contributed by atoms with Crippen molar-refractivity contribution in [1.82, 2.24) is 4.98 Å². The van der Waals surface area contributed by atoms with Crippen molar-refractivity contribution < 1.29 is 0 Å². The van der Waals surface area contributed by atoms with E-state index in [1.807, 2.05) is 0 Å². The van der Waals surface area contributed by atoms with E-state index in [2.05, 4.69) is 152 Å². The first-order valence-electron chi connectivity index (χ1n) is 15.9. The number of rotatable bonds is 3. The minimum atomic E-state index is -0.450. The van der Waals surface area contributed by atoms with Crippen LogP contribution < -0.4 is 0 Å². The van der Waals surface area contributed by atoms with Crippen LogP contribution in [-0.4, -0.2) is 4.98 Å². The molecule has 1 nitrogen and oxygen atoms in total. The fourth-order valence-corrected chi connectivity index (χ4v) is 8.98. The number of para-hydroxylation sites is 1. The second-order valence-corrected chi connectivity index (χ2v) is 13.1. The van der Waals surface area contributed by atoms with E-state index >= 15 is 0 Å². The molecule has 1 heterocycles. The molecule has 0 aliphatic rings. The number of aromatic nitrogens is 1. The van der Waals surface area contributed by atoms with Crippen molar-refractivity contribution in [2.75, 3.05) is 0 Å². The van der Waals surface area contributed by atoms with Gasteiger partial charge in [0.15, 0.2) is 0 Å². The lowest BCUT2D eigenvalue weighted by Gasteiger charge is -2.35. The highest BCUT2D eigenvalue weighted by Crippen LogP contribution is 2.53. The highest BCUT2D eigenvalue weighted by atomic mass is 14.7. The van der Waals surface area contributed by atoms with Gasteiger partial charge in [0, 0.05) is 22.5 Å². The average Bonchev–Trinajstić information content (AvgIpc) is 3.54. The lowest BCUT2D eigenvalue weighted by atomic mass is 9.67. The second-order valence-electron chi connectivity index (χ2n) is 13.1. The van der Waals surface area contributed by atoms with E-state index in [0.29, 0.717) is 0 Å². The maximum atomic E-state index is 3.64. The molecule has 0 saturated carbocycles. The third kappa shape index (κ3) is 2.81. The molecule has 0 bridgehead atoms. The summed E-state index contributed by atoms with van der Waals surface area (Å²) in [4.78, 5) is 3.64. The van der Waals surface area contributed by atoms with Crippen molar-refractivity contribution >= 4 is 86.3 Å². The standard InChI is InChI=1S/C44H27N/c1-44(36-24-45-37-12-5-4-10-32(36)37,34-11-6-8-25-7-2-3-9-31(25)34)35-23-30-20-19-28-16-14-26-13-15-27-17-18-29-21-22-33(35)43-41(29)39(27)38(26)40(28)42(30)43/h2-24,45H,1H3. The van der Waals surface area contributed by atoms with Gasteiger partial charge in [-0.05, 0) is 111 Å². The van der Waals surface area contributed by atoms with Gasteiger partial charge in [0.1, 0.15) is 0 Å². The Labute approximate surface area is 259 Å². The Morgan fingerprint density at radius 1 is 0.378 bits per heavy atom. The number of nitrogens with one attached hydrogen (secondary N) is 1. The highest BCUT2D eigenvalue weighted by molar-refractivity contribution is 6.44. The summed E-state index contributed by atoms with van der Waals surface area (Å²) in [5.74, 6) is 0. The number of aromatic amines is 1. The SMILES string of the molecule is CC(c1cccc2ccccc12)(c1c[nH]c2ccccc12)c1cc2ccc3ccc4ccc5ccc6ccc1c1c6c5c4c3c21. The summed E-state index contributed by atoms with van der Waals surface area (Å²) in [6.45, 7) is 2.45. The molecular formula is C44H27N. The molecule has 11 rings (SSSR count). The second kappa shape index (κ2) is 8.08. The summed E-state index contributed by atoms with van der Waals surface area (Å²) in [7, 11) is 0. The van der Waals surface area contributed by atoms with Gasteiger partial charge in [-0.15, -0.1) is 0 Å². The lowest BCUT2D eigenvalue weighted by Crippen LogP contribution is -2.26. The predicted molar refractivity (Wildman–Crippen MR) is 193 cm³/mol. The van der Waals surface area contributed by atoms with Crippen LogP contribution in [0.3, 0.4) is 0 Å². The van der Waals surface area contributed by atoms with E-state index in [9.17, 15) is 0 Å². The Balaban J connectivity index is 1.41. The predicted octanol–water partition coefficient (Wildman–Crippen LogP) is 11.9. The Morgan fingerprint density at radius 3 is 1.62 bits per heavy atom. The first-order valence-corrected chi connectivity index (χ1v) is 15.9. The summed E-state index contributed by atoms with van der Waals surface area (Å²) in [5, 5.41) is 20.1. The van der Waals surface area contributed by atoms with E-state index in [4.69, 9.17) is 0 Å². The molecule has 0 aliphatic heterocycles. The lowest BCUT2D eigenvalue weighted by molar-refractivity contribution is 0.714. The Morgan fingerprint density at radius 2 is 0.911 bits per heavy atom. The topological polar surface area (TPSA) is 15.8 Å². The van der Waals surface area contributed by atoms with Crippen molar-refractivity contribution in [3.63, 3.8) is 0 Å². The first-order chi connectivity index (χ1) is 22.2. The summed E-state index contributed by atoms with van der Waals surface area (Å²) in [6.07, 6.45) is 2.26. The van der Waals surface area contributed by atoms with Gasteiger partial charge in [0.2, 0.25) is 0 Å². The number of hydrogen-bond donors (Lipinski definition) is 1. The van der Waals surface area contributed by atoms with Crippen LogP contribution in [0.2, 0.25) is 0 Å². The van der Waals surface area contributed by atoms with E-state index in [0.717, 1.165) is 0 Å². The fraction of sp³-hybridized carbons (Fsp3) is 0.0455. The van der Waals surface area contributed by atoms with Gasteiger partial charge in [-0.3, -0.25) is 0 Å². The molecule has 1 atom stereocenters. The molecule has 11 aromatic rings. The van der Waals surface area contributed by atoms with Crippen LogP contribution in [0.15, 0.2) is 140 Å². The monoisotopic (exact) mass is 569 g/mol. The Kier molecular flexibility index (Phi) is 4.27. The molecule has 0 spiro atoms. The normalized spacial score (nSPS) is 14.1. The minimum Gasteiger partial charge on any atom is -0.361 e. The third-order valence-electron chi connectivity index (χ3n) is 11.0. The van der Waals surface area contributed by atoms with Crippen LogP contribution in [0.4, 0.5) is 0 Å². The highest BCUT2D eigenvalue weighted by Gasteiger charge is 2.37. The molecule has 1 heteroatoms. The molecule has 1 aromatic heterocycles. The summed E-state index contributed by atoms with van der Waals surface area (Å²) >= 11 is 0. The Hall–Kier alpha value is -5.66. The van der Waals surface area contributed by atoms with Crippen LogP contribution >= 0.6 is 0 Å². The van der Waals surface area contributed by atoms with Crippen molar-refractivity contribution in [2.45, 2.75) is 12.3 Å². The molecule has 0 radical (unpaired) electrons. The summed E-state index contributed by atoms with van der Waals surface area (Å²) in [5.41, 5.74) is 4.68. The quantitative estimate of drug-likeness (QED) is 0.161. The zero-order valence-electron chi connectivity index (χ0n) is 24.8. The number of H-pyrrole nitrogens is 1. The molecular weight excluding hydrogens is 542 g/mol. The van der Waals surface area contributed by atoms with Crippen LogP contribution in [0, 0.1) is 0 Å². The van der Waals surface area contributed by atoms with Gasteiger partial charge in [-0.25, -0.2) is 0 Å². The van der Waals surface area contributed by atoms with Crippen LogP contribution in [0.5, 0.6) is 0 Å². The molecule has 0 saturated heterocycles. The molecule has 0 aliphatic carbocycles. The molecule has 10 aromatic carbocycles. The van der Waals surface area contributed by atoms with Gasteiger partial charge in [0.25, 0.3) is 0 Å². The average molecular weight is 570 g/mol. The van der Waals surface area contributed by atoms with Gasteiger partial charge >= 0.3 is 0 Å².